The number of unbranched alkanes of at least 4 members (excludes halogenated alkanes) is 2. The van der Waals surface area contributed by atoms with Gasteiger partial charge in [0.1, 0.15) is 5.78 Å². The Hall–Kier alpha value is -0.370. The number of carbonyl (C=O) groups is 1. The number of aliphatic hydroxyl groups is 1. The van der Waals surface area contributed by atoms with Gasteiger partial charge in [-0.15, -0.1) is 0 Å². The molecule has 0 aromatic rings. The third-order valence-corrected chi connectivity index (χ3v) is 2.00. The molecule has 12 heavy (non-hydrogen) atoms. The lowest BCUT2D eigenvalue weighted by molar-refractivity contribution is -0.120. The van der Waals surface area contributed by atoms with E-state index in [2.05, 4.69) is 6.92 Å². The van der Waals surface area contributed by atoms with Crippen molar-refractivity contribution in [3.63, 3.8) is 0 Å². The molecule has 0 saturated heterocycles. The molecule has 0 aromatic carbocycles. The van der Waals surface area contributed by atoms with Gasteiger partial charge in [-0.25, -0.2) is 0 Å². The van der Waals surface area contributed by atoms with E-state index in [9.17, 15) is 9.90 Å². The maximum Gasteiger partial charge on any atom is 0.135 e. The summed E-state index contributed by atoms with van der Waals surface area (Å²) in [5.74, 6) is 0.166. The molecule has 0 rings (SSSR count). The molecule has 0 radical (unpaired) electrons. The number of hydrogen-bond donors (Lipinski definition) is 1. The Morgan fingerprint density at radius 2 is 2.00 bits per heavy atom. The molecule has 2 heteroatoms. The summed E-state index contributed by atoms with van der Waals surface area (Å²) in [4.78, 5) is 10.9. The Kier molecular flexibility index (Phi) is 7.06. The van der Waals surface area contributed by atoms with Gasteiger partial charge in [0, 0.05) is 12.8 Å². The molecule has 1 N–H and O–H groups in total. The predicted molar refractivity (Wildman–Crippen MR) is 50.1 cm³/mol. The van der Waals surface area contributed by atoms with Crippen LogP contribution in [-0.2, 0) is 4.79 Å². The highest BCUT2D eigenvalue weighted by molar-refractivity contribution is 5.78. The number of rotatable bonds is 7. The van der Waals surface area contributed by atoms with Gasteiger partial charge in [0.2, 0.25) is 0 Å². The summed E-state index contributed by atoms with van der Waals surface area (Å²) in [6.07, 6.45) is 4.62. The van der Waals surface area contributed by atoms with Crippen LogP contribution in [0, 0.1) is 0 Å². The number of carbonyl (C=O) groups excluding carboxylic acids is 1. The summed E-state index contributed by atoms with van der Waals surface area (Å²) < 4.78 is 0. The van der Waals surface area contributed by atoms with Gasteiger partial charge in [-0.05, 0) is 6.42 Å². The van der Waals surface area contributed by atoms with Gasteiger partial charge in [-0.2, -0.15) is 0 Å². The zero-order valence-electron chi connectivity index (χ0n) is 8.18. The minimum atomic E-state index is -0.399. The van der Waals surface area contributed by atoms with E-state index in [1.807, 2.05) is 6.92 Å². The fourth-order valence-electron chi connectivity index (χ4n) is 1.14. The molecule has 1 unspecified atom stereocenters. The normalized spacial score (nSPS) is 12.9. The molecule has 72 valence electrons. The largest absolute Gasteiger partial charge is 0.393 e. The minimum absolute atomic E-state index is 0.166. The summed E-state index contributed by atoms with van der Waals surface area (Å²) >= 11 is 0. The monoisotopic (exact) mass is 172 g/mol. The molecular formula is C10H20O2. The van der Waals surface area contributed by atoms with Crippen LogP contribution in [-0.4, -0.2) is 17.0 Å². The van der Waals surface area contributed by atoms with E-state index in [0.29, 0.717) is 12.8 Å². The lowest BCUT2D eigenvalue weighted by Gasteiger charge is -2.07. The summed E-state index contributed by atoms with van der Waals surface area (Å²) in [6.45, 7) is 3.96. The summed E-state index contributed by atoms with van der Waals surface area (Å²) in [5.41, 5.74) is 0. The number of aliphatic hydroxyl groups excluding tert-OH is 1. The zero-order chi connectivity index (χ0) is 9.40. The highest BCUT2D eigenvalue weighted by Crippen LogP contribution is 2.07. The van der Waals surface area contributed by atoms with Crippen molar-refractivity contribution in [3.8, 4) is 0 Å². The van der Waals surface area contributed by atoms with Crippen LogP contribution in [0.3, 0.4) is 0 Å². The fourth-order valence-corrected chi connectivity index (χ4v) is 1.14. The molecule has 0 aromatic heterocycles. The second-order valence-electron chi connectivity index (χ2n) is 3.25. The smallest absolute Gasteiger partial charge is 0.135 e. The highest BCUT2D eigenvalue weighted by Gasteiger charge is 2.07. The molecule has 0 bridgehead atoms. The summed E-state index contributed by atoms with van der Waals surface area (Å²) in [5, 5.41) is 9.36. The zero-order valence-corrected chi connectivity index (χ0v) is 8.18. The Balaban J connectivity index is 3.32. The first kappa shape index (κ1) is 11.6. The molecule has 0 aliphatic rings. The summed E-state index contributed by atoms with van der Waals surface area (Å²) in [7, 11) is 0. The Morgan fingerprint density at radius 1 is 1.33 bits per heavy atom. The lowest BCUT2D eigenvalue weighted by Crippen LogP contribution is -2.12. The van der Waals surface area contributed by atoms with Crippen LogP contribution in [0.2, 0.25) is 0 Å². The van der Waals surface area contributed by atoms with Crippen LogP contribution >= 0.6 is 0 Å². The van der Waals surface area contributed by atoms with E-state index in [0.717, 1.165) is 25.7 Å². The molecule has 0 amide bonds. The van der Waals surface area contributed by atoms with E-state index in [1.165, 1.54) is 0 Å². The van der Waals surface area contributed by atoms with Crippen molar-refractivity contribution in [2.45, 2.75) is 58.5 Å². The van der Waals surface area contributed by atoms with Gasteiger partial charge in [0.05, 0.1) is 6.10 Å². The van der Waals surface area contributed by atoms with Gasteiger partial charge in [-0.1, -0.05) is 33.1 Å². The van der Waals surface area contributed by atoms with Gasteiger partial charge in [-0.3, -0.25) is 4.79 Å². The minimum Gasteiger partial charge on any atom is -0.393 e. The molecule has 0 aliphatic carbocycles. The molecule has 0 fully saturated rings. The van der Waals surface area contributed by atoms with Crippen LogP contribution in [0.1, 0.15) is 52.4 Å². The predicted octanol–water partition coefficient (Wildman–Crippen LogP) is 2.30. The quantitative estimate of drug-likeness (QED) is 0.598. The van der Waals surface area contributed by atoms with Crippen LogP contribution in [0.25, 0.3) is 0 Å². The van der Waals surface area contributed by atoms with E-state index in [4.69, 9.17) is 0 Å². The average Bonchev–Trinajstić information content (AvgIpc) is 2.05. The van der Waals surface area contributed by atoms with Crippen molar-refractivity contribution < 1.29 is 9.90 Å². The lowest BCUT2D eigenvalue weighted by atomic mass is 10.1. The third-order valence-electron chi connectivity index (χ3n) is 2.00. The van der Waals surface area contributed by atoms with Gasteiger partial charge < -0.3 is 5.11 Å². The van der Waals surface area contributed by atoms with Crippen molar-refractivity contribution in [3.05, 3.63) is 0 Å². The van der Waals surface area contributed by atoms with E-state index >= 15 is 0 Å². The van der Waals surface area contributed by atoms with E-state index < -0.39 is 6.10 Å². The van der Waals surface area contributed by atoms with Crippen LogP contribution < -0.4 is 0 Å². The Labute approximate surface area is 75.0 Å². The van der Waals surface area contributed by atoms with Crippen molar-refractivity contribution >= 4 is 5.78 Å². The Bertz CT molecular complexity index is 121. The molecular weight excluding hydrogens is 152 g/mol. The van der Waals surface area contributed by atoms with Crippen LogP contribution in [0.15, 0.2) is 0 Å². The maximum atomic E-state index is 10.9. The van der Waals surface area contributed by atoms with Crippen molar-refractivity contribution in [2.24, 2.45) is 0 Å². The second-order valence-corrected chi connectivity index (χ2v) is 3.25. The second kappa shape index (κ2) is 7.29. The molecule has 0 spiro atoms. The van der Waals surface area contributed by atoms with Crippen molar-refractivity contribution in [1.29, 1.82) is 0 Å². The average molecular weight is 172 g/mol. The van der Waals surface area contributed by atoms with Crippen LogP contribution in [0.4, 0.5) is 0 Å². The first-order valence-corrected chi connectivity index (χ1v) is 4.90. The standard InChI is InChI=1S/C10H20O2/c1-3-5-6-7-10(12)8-9(11)4-2/h10,12H,3-8H2,1-2H3. The molecule has 0 heterocycles. The van der Waals surface area contributed by atoms with Gasteiger partial charge in [0.15, 0.2) is 0 Å². The van der Waals surface area contributed by atoms with Gasteiger partial charge >= 0.3 is 0 Å². The number of ketones is 1. The van der Waals surface area contributed by atoms with E-state index in [-0.39, 0.29) is 5.78 Å². The topological polar surface area (TPSA) is 37.3 Å². The molecule has 0 aliphatic heterocycles. The number of Topliss-reactive ketones (excluding diaryl/α,β-unsaturated/α-hetero) is 1. The maximum absolute atomic E-state index is 10.9. The summed E-state index contributed by atoms with van der Waals surface area (Å²) in [6, 6.07) is 0. The van der Waals surface area contributed by atoms with E-state index in [1.54, 1.807) is 0 Å². The molecule has 0 saturated carbocycles. The first-order chi connectivity index (χ1) is 5.70. The SMILES string of the molecule is CCCCCC(O)CC(=O)CC. The number of hydrogen-bond acceptors (Lipinski definition) is 2. The molecule has 2 nitrogen and oxygen atoms in total. The molecule has 1 atom stereocenters. The van der Waals surface area contributed by atoms with Crippen LogP contribution in [0.5, 0.6) is 0 Å². The third kappa shape index (κ3) is 6.35. The fraction of sp³-hybridized carbons (Fsp3) is 0.900. The van der Waals surface area contributed by atoms with Crippen molar-refractivity contribution in [2.75, 3.05) is 0 Å². The highest BCUT2D eigenvalue weighted by atomic mass is 16.3. The van der Waals surface area contributed by atoms with Crippen molar-refractivity contribution in [1.82, 2.24) is 0 Å². The first-order valence-electron chi connectivity index (χ1n) is 4.90. The van der Waals surface area contributed by atoms with Gasteiger partial charge in [0.25, 0.3) is 0 Å². The Morgan fingerprint density at radius 3 is 2.50 bits per heavy atom.